The van der Waals surface area contributed by atoms with E-state index < -0.39 is 0 Å². The lowest BCUT2D eigenvalue weighted by Crippen LogP contribution is -2.45. The zero-order valence-corrected chi connectivity index (χ0v) is 20.5. The Bertz CT molecular complexity index is 1300. The number of hydrogen-bond acceptors (Lipinski definition) is 5. The molecule has 1 fully saturated rings. The average molecular weight is 486 g/mol. The van der Waals surface area contributed by atoms with Crippen LogP contribution in [0.25, 0.3) is 16.8 Å². The first kappa shape index (κ1) is 24.0. The van der Waals surface area contributed by atoms with Gasteiger partial charge in [-0.15, -0.1) is 0 Å². The molecule has 3 aromatic rings. The molecule has 0 aliphatic carbocycles. The molecule has 0 spiro atoms. The molecule has 3 amide bonds. The van der Waals surface area contributed by atoms with Crippen molar-refractivity contribution in [3.63, 3.8) is 0 Å². The van der Waals surface area contributed by atoms with Crippen LogP contribution < -0.4 is 10.6 Å². The fourth-order valence-corrected chi connectivity index (χ4v) is 4.66. The summed E-state index contributed by atoms with van der Waals surface area (Å²) in [5, 5.41) is 8.21. The van der Waals surface area contributed by atoms with E-state index in [2.05, 4.69) is 51.7 Å². The molecule has 2 aliphatic heterocycles. The third kappa shape index (κ3) is 5.56. The molecular weight excluding hydrogens is 454 g/mol. The maximum Gasteiger partial charge on any atom is 0.323 e. The van der Waals surface area contributed by atoms with Crippen LogP contribution in [0.4, 0.5) is 10.6 Å². The number of rotatable bonds is 7. The fraction of sp³-hybridized carbons (Fsp3) is 0.321. The van der Waals surface area contributed by atoms with Gasteiger partial charge in [0.25, 0.3) is 0 Å². The van der Waals surface area contributed by atoms with Crippen molar-refractivity contribution >= 4 is 34.6 Å². The number of morpholine rings is 1. The molecular formula is C28H31N5O3. The van der Waals surface area contributed by atoms with E-state index in [0.29, 0.717) is 25.5 Å². The van der Waals surface area contributed by atoms with Crippen molar-refractivity contribution in [1.29, 1.82) is 0 Å². The summed E-state index contributed by atoms with van der Waals surface area (Å²) in [6, 6.07) is 14.2. The van der Waals surface area contributed by atoms with E-state index in [1.807, 2.05) is 18.2 Å². The van der Waals surface area contributed by atoms with Gasteiger partial charge in [-0.05, 0) is 46.5 Å². The largest absolute Gasteiger partial charge is 0.379 e. The molecule has 0 saturated carbocycles. The smallest absolute Gasteiger partial charge is 0.323 e. The molecule has 0 radical (unpaired) electrons. The van der Waals surface area contributed by atoms with Gasteiger partial charge in [-0.25, -0.2) is 9.78 Å². The zero-order valence-electron chi connectivity index (χ0n) is 20.5. The first-order chi connectivity index (χ1) is 17.6. The summed E-state index contributed by atoms with van der Waals surface area (Å²) in [4.78, 5) is 33.5. The van der Waals surface area contributed by atoms with Crippen molar-refractivity contribution in [2.75, 3.05) is 44.7 Å². The second-order valence-corrected chi connectivity index (χ2v) is 9.22. The zero-order chi connectivity index (χ0) is 24.9. The maximum absolute atomic E-state index is 12.5. The number of anilines is 1. The van der Waals surface area contributed by atoms with Crippen LogP contribution in [0.2, 0.25) is 0 Å². The number of urea groups is 1. The SMILES string of the molecule is Cc1ccc(CNC(=O)/C=C/c2cnc3c(c2)CN(CCN2CCOCC2)C(=O)N3)c2ccccc12. The number of aryl methyl sites for hydroxylation is 1. The van der Waals surface area contributed by atoms with E-state index in [1.165, 1.54) is 17.0 Å². The molecule has 2 aliphatic rings. The molecule has 1 aromatic heterocycles. The summed E-state index contributed by atoms with van der Waals surface area (Å²) in [7, 11) is 0. The van der Waals surface area contributed by atoms with Crippen LogP contribution in [0.15, 0.2) is 54.7 Å². The van der Waals surface area contributed by atoms with Crippen LogP contribution in [0.5, 0.6) is 0 Å². The van der Waals surface area contributed by atoms with Crippen LogP contribution in [-0.2, 0) is 22.6 Å². The molecule has 8 nitrogen and oxygen atoms in total. The number of hydrogen-bond donors (Lipinski definition) is 2. The van der Waals surface area contributed by atoms with Gasteiger partial charge < -0.3 is 15.0 Å². The number of amides is 3. The van der Waals surface area contributed by atoms with Crippen molar-refractivity contribution in [3.8, 4) is 0 Å². The first-order valence-corrected chi connectivity index (χ1v) is 12.3. The molecule has 186 valence electrons. The van der Waals surface area contributed by atoms with Gasteiger partial charge in [0.1, 0.15) is 5.82 Å². The normalized spacial score (nSPS) is 16.2. The Kier molecular flexibility index (Phi) is 7.25. The van der Waals surface area contributed by atoms with Gasteiger partial charge in [0.15, 0.2) is 0 Å². The Morgan fingerprint density at radius 2 is 1.94 bits per heavy atom. The molecule has 1 saturated heterocycles. The van der Waals surface area contributed by atoms with Gasteiger partial charge in [0.2, 0.25) is 5.91 Å². The second-order valence-electron chi connectivity index (χ2n) is 9.22. The number of pyridine rings is 1. The molecule has 0 bridgehead atoms. The quantitative estimate of drug-likeness (QED) is 0.500. The highest BCUT2D eigenvalue weighted by molar-refractivity contribution is 5.93. The number of benzene rings is 2. The molecule has 0 unspecified atom stereocenters. The number of ether oxygens (including phenoxy) is 1. The van der Waals surface area contributed by atoms with Crippen molar-refractivity contribution in [2.24, 2.45) is 0 Å². The van der Waals surface area contributed by atoms with Crippen LogP contribution in [0, 0.1) is 6.92 Å². The molecule has 36 heavy (non-hydrogen) atoms. The van der Waals surface area contributed by atoms with E-state index in [0.717, 1.165) is 54.9 Å². The van der Waals surface area contributed by atoms with E-state index >= 15 is 0 Å². The lowest BCUT2D eigenvalue weighted by Gasteiger charge is -2.32. The number of carbonyl (C=O) groups excluding carboxylic acids is 2. The predicted octanol–water partition coefficient (Wildman–Crippen LogP) is 3.55. The summed E-state index contributed by atoms with van der Waals surface area (Å²) in [5.74, 6) is 0.410. The third-order valence-corrected chi connectivity index (χ3v) is 6.76. The Balaban J connectivity index is 1.19. The highest BCUT2D eigenvalue weighted by Gasteiger charge is 2.24. The van der Waals surface area contributed by atoms with Crippen LogP contribution in [0.3, 0.4) is 0 Å². The fourth-order valence-electron chi connectivity index (χ4n) is 4.66. The summed E-state index contributed by atoms with van der Waals surface area (Å²) in [6.45, 7) is 7.76. The Labute approximate surface area is 210 Å². The number of fused-ring (bicyclic) bond motifs is 2. The van der Waals surface area contributed by atoms with Crippen molar-refractivity contribution in [1.82, 2.24) is 20.1 Å². The molecule has 8 heteroatoms. The molecule has 2 N–H and O–H groups in total. The first-order valence-electron chi connectivity index (χ1n) is 12.3. The number of nitrogens with zero attached hydrogens (tertiary/aromatic N) is 3. The third-order valence-electron chi connectivity index (χ3n) is 6.76. The van der Waals surface area contributed by atoms with Gasteiger partial charge in [0, 0.05) is 50.6 Å². The number of aromatic nitrogens is 1. The standard InChI is InChI=1S/C28H31N5O3/c1-20-6-8-22(25-5-3-2-4-24(20)25)18-29-26(34)9-7-21-16-23-19-33(28(35)31-27(23)30-17-21)11-10-32-12-14-36-15-13-32/h2-9,16-17H,10-15,18-19H2,1H3,(H,29,34)(H,30,31,35)/b9-7+. The van der Waals surface area contributed by atoms with E-state index in [1.54, 1.807) is 17.2 Å². The van der Waals surface area contributed by atoms with Gasteiger partial charge in [0.05, 0.1) is 19.8 Å². The van der Waals surface area contributed by atoms with E-state index in [9.17, 15) is 9.59 Å². The summed E-state index contributed by atoms with van der Waals surface area (Å²) in [6.07, 6.45) is 4.95. The summed E-state index contributed by atoms with van der Waals surface area (Å²) in [5.41, 5.74) is 4.05. The van der Waals surface area contributed by atoms with Crippen LogP contribution in [0.1, 0.15) is 22.3 Å². The van der Waals surface area contributed by atoms with Crippen molar-refractivity contribution in [3.05, 3.63) is 77.0 Å². The molecule has 3 heterocycles. The minimum absolute atomic E-state index is 0.130. The van der Waals surface area contributed by atoms with Crippen LogP contribution >= 0.6 is 0 Å². The van der Waals surface area contributed by atoms with Gasteiger partial charge in [-0.2, -0.15) is 0 Å². The second kappa shape index (κ2) is 10.9. The minimum atomic E-state index is -0.169. The topological polar surface area (TPSA) is 86.8 Å². The van der Waals surface area contributed by atoms with Gasteiger partial charge in [-0.1, -0.05) is 36.4 Å². The van der Waals surface area contributed by atoms with Gasteiger partial charge >= 0.3 is 6.03 Å². The lowest BCUT2D eigenvalue weighted by molar-refractivity contribution is -0.116. The monoisotopic (exact) mass is 485 g/mol. The molecule has 5 rings (SSSR count). The van der Waals surface area contributed by atoms with Crippen molar-refractivity contribution < 1.29 is 14.3 Å². The molecule has 0 atom stereocenters. The summed E-state index contributed by atoms with van der Waals surface area (Å²) < 4.78 is 5.39. The number of nitrogens with one attached hydrogen (secondary N) is 2. The Hall–Kier alpha value is -3.75. The average Bonchev–Trinajstić information content (AvgIpc) is 2.91. The maximum atomic E-state index is 12.5. The van der Waals surface area contributed by atoms with Gasteiger partial charge in [-0.3, -0.25) is 15.0 Å². The van der Waals surface area contributed by atoms with E-state index in [4.69, 9.17) is 4.74 Å². The predicted molar refractivity (Wildman–Crippen MR) is 140 cm³/mol. The Morgan fingerprint density at radius 3 is 2.78 bits per heavy atom. The van der Waals surface area contributed by atoms with Crippen LogP contribution in [-0.4, -0.2) is 66.1 Å². The number of carbonyl (C=O) groups is 2. The molecule has 2 aromatic carbocycles. The Morgan fingerprint density at radius 1 is 1.14 bits per heavy atom. The summed E-state index contributed by atoms with van der Waals surface area (Å²) >= 11 is 0. The highest BCUT2D eigenvalue weighted by atomic mass is 16.5. The lowest BCUT2D eigenvalue weighted by atomic mass is 10.0. The van der Waals surface area contributed by atoms with E-state index in [-0.39, 0.29) is 11.9 Å². The highest BCUT2D eigenvalue weighted by Crippen LogP contribution is 2.23. The van der Waals surface area contributed by atoms with Crippen molar-refractivity contribution in [2.45, 2.75) is 20.0 Å². The minimum Gasteiger partial charge on any atom is -0.379 e.